The minimum absolute atomic E-state index is 0.0847. The number of carbonyl (C=O) groups is 4. The second-order valence-electron chi connectivity index (χ2n) is 19.0. The molecule has 3 aliphatic heterocycles. The first-order valence-electron chi connectivity index (χ1n) is 23.9. The number of hydrogen-bond donors (Lipinski definition) is 3. The van der Waals surface area contributed by atoms with Gasteiger partial charge >= 0.3 is 6.03 Å². The number of Topliss-reactive ketones (excluding diaryl/α,β-unsaturated/α-hetero) is 1. The van der Waals surface area contributed by atoms with Crippen molar-refractivity contribution >= 4 is 40.3 Å². The van der Waals surface area contributed by atoms with Gasteiger partial charge in [-0.2, -0.15) is 0 Å². The number of fused-ring (bicyclic) bond motifs is 1. The molecule has 4 aromatic carbocycles. The monoisotopic (exact) mass is 953 g/mol. The molecule has 0 saturated carbocycles. The number of nitrogens with zero attached hydrogens (tertiary/aromatic N) is 5. The fourth-order valence-electron chi connectivity index (χ4n) is 9.75. The summed E-state index contributed by atoms with van der Waals surface area (Å²) in [6.45, 7) is 9.05. The van der Waals surface area contributed by atoms with Crippen LogP contribution in [0.5, 0.6) is 5.75 Å². The lowest BCUT2D eigenvalue weighted by atomic mass is 9.92. The molecule has 3 saturated heterocycles. The molecule has 14 nitrogen and oxygen atoms in total. The number of aromatic nitrogens is 3. The summed E-state index contributed by atoms with van der Waals surface area (Å²) in [6.07, 6.45) is 5.91. The summed E-state index contributed by atoms with van der Waals surface area (Å²) < 4.78 is 42.3. The smallest absolute Gasteiger partial charge is 0.328 e. The second kappa shape index (κ2) is 20.2. The van der Waals surface area contributed by atoms with Crippen LogP contribution in [0.3, 0.4) is 0 Å². The van der Waals surface area contributed by atoms with Crippen LogP contribution in [0.4, 0.5) is 19.3 Å². The number of aromatic amines is 1. The number of nitrogens with one attached hydrogen (secondary N) is 2. The fraction of sp³-hybridized carbons (Fsp3) is 0.370. The van der Waals surface area contributed by atoms with Crippen molar-refractivity contribution in [1.82, 2.24) is 30.1 Å². The number of amides is 4. The van der Waals surface area contributed by atoms with E-state index in [4.69, 9.17) is 9.47 Å². The predicted octanol–water partition coefficient (Wildman–Crippen LogP) is 8.31. The van der Waals surface area contributed by atoms with Crippen molar-refractivity contribution in [2.75, 3.05) is 51.3 Å². The number of likely N-dealkylation sites (tertiary alicyclic amines) is 2. The van der Waals surface area contributed by atoms with Crippen LogP contribution in [0.2, 0.25) is 0 Å². The Morgan fingerprint density at radius 2 is 1.60 bits per heavy atom. The molecule has 4 amide bonds. The standard InChI is InChI=1S/C54H57F2N7O7/c1-32-36(27-47(64)41-11-10-37(28-44(41)56)54(2,3)68)25-38(55)29-42(32)50-43-30-45(59-51(43)58-31-57-50)34-7-5-33(6-8-34)13-19-61-20-14-39(15-21-61)70-40-16-22-62(23-17-40)52(66)35-9-12-48(69-4)46(26-35)63-24-18-49(65)60-53(63)67/h5-12,25-26,28-31,39-40,68H,13-24,27H2,1-4H3,(H,57,58,59)(H,60,65,67). The van der Waals surface area contributed by atoms with Crippen LogP contribution in [-0.4, -0.2) is 112 Å². The Hall–Kier alpha value is -6.88. The highest BCUT2D eigenvalue weighted by Gasteiger charge is 2.31. The van der Waals surface area contributed by atoms with Gasteiger partial charge in [-0.25, -0.2) is 23.5 Å². The van der Waals surface area contributed by atoms with Crippen LogP contribution < -0.4 is 15.0 Å². The maximum atomic E-state index is 15.3. The summed E-state index contributed by atoms with van der Waals surface area (Å²) in [5.74, 6) is -1.79. The number of rotatable bonds is 14. The molecular weight excluding hydrogens is 897 g/mol. The Kier molecular flexibility index (Phi) is 13.9. The van der Waals surface area contributed by atoms with Crippen LogP contribution in [0.25, 0.3) is 33.5 Å². The topological polar surface area (TPSA) is 170 Å². The number of methoxy groups -OCH3 is 1. The number of halogens is 2. The molecule has 16 heteroatoms. The van der Waals surface area contributed by atoms with Gasteiger partial charge in [0.05, 0.1) is 41.9 Å². The van der Waals surface area contributed by atoms with Gasteiger partial charge in [-0.1, -0.05) is 30.3 Å². The van der Waals surface area contributed by atoms with Gasteiger partial charge in [-0.15, -0.1) is 0 Å². The van der Waals surface area contributed by atoms with E-state index in [2.05, 4.69) is 49.4 Å². The Morgan fingerprint density at radius 1 is 0.871 bits per heavy atom. The predicted molar refractivity (Wildman–Crippen MR) is 261 cm³/mol. The minimum Gasteiger partial charge on any atom is -0.495 e. The first kappa shape index (κ1) is 48.2. The van der Waals surface area contributed by atoms with Gasteiger partial charge in [-0.05, 0) is 129 Å². The van der Waals surface area contributed by atoms with E-state index in [1.54, 1.807) is 25.1 Å². The number of urea groups is 1. The normalized spacial score (nSPS) is 16.5. The number of anilines is 1. The lowest BCUT2D eigenvalue weighted by Gasteiger charge is -2.37. The van der Waals surface area contributed by atoms with E-state index >= 15 is 8.78 Å². The Bertz CT molecular complexity index is 2950. The van der Waals surface area contributed by atoms with Crippen molar-refractivity contribution in [2.24, 2.45) is 0 Å². The zero-order chi connectivity index (χ0) is 49.3. The average Bonchev–Trinajstić information content (AvgIpc) is 3.79. The number of H-pyrrole nitrogens is 1. The van der Waals surface area contributed by atoms with Crippen molar-refractivity contribution in [3.63, 3.8) is 0 Å². The number of aliphatic hydroxyl groups is 1. The number of imide groups is 1. The van der Waals surface area contributed by atoms with Crippen molar-refractivity contribution in [1.29, 1.82) is 0 Å². The molecule has 3 fully saturated rings. The summed E-state index contributed by atoms with van der Waals surface area (Å²) in [5, 5.41) is 13.3. The third-order valence-corrected chi connectivity index (χ3v) is 13.9. The zero-order valence-electron chi connectivity index (χ0n) is 39.8. The quantitative estimate of drug-likeness (QED) is 0.0903. The van der Waals surface area contributed by atoms with E-state index in [1.807, 2.05) is 11.0 Å². The Labute approximate surface area is 405 Å². The maximum absolute atomic E-state index is 15.3. The first-order chi connectivity index (χ1) is 33.6. The first-order valence-corrected chi connectivity index (χ1v) is 23.9. The molecule has 0 unspecified atom stereocenters. The minimum atomic E-state index is -1.27. The zero-order valence-corrected chi connectivity index (χ0v) is 39.8. The molecule has 70 heavy (non-hydrogen) atoms. The van der Waals surface area contributed by atoms with Crippen LogP contribution in [0, 0.1) is 18.6 Å². The number of carbonyl (C=O) groups excluding carboxylic acids is 4. The third kappa shape index (κ3) is 10.5. The molecule has 2 aromatic heterocycles. The number of ketones is 1. The average molecular weight is 954 g/mol. The highest BCUT2D eigenvalue weighted by atomic mass is 19.1. The summed E-state index contributed by atoms with van der Waals surface area (Å²) in [7, 11) is 1.50. The Balaban J connectivity index is 0.757. The van der Waals surface area contributed by atoms with E-state index in [1.165, 1.54) is 62.0 Å². The third-order valence-electron chi connectivity index (χ3n) is 13.9. The van der Waals surface area contributed by atoms with Crippen molar-refractivity contribution in [3.05, 3.63) is 130 Å². The highest BCUT2D eigenvalue weighted by molar-refractivity contribution is 6.07. The lowest BCUT2D eigenvalue weighted by Crippen LogP contribution is -2.49. The maximum Gasteiger partial charge on any atom is 0.328 e. The number of piperidine rings is 2. The van der Waals surface area contributed by atoms with Crippen LogP contribution >= 0.6 is 0 Å². The van der Waals surface area contributed by atoms with Gasteiger partial charge < -0.3 is 29.4 Å². The van der Waals surface area contributed by atoms with Gasteiger partial charge in [0, 0.05) is 74.3 Å². The molecule has 3 aliphatic rings. The fourth-order valence-corrected chi connectivity index (χ4v) is 9.75. The highest BCUT2D eigenvalue weighted by Crippen LogP contribution is 2.35. The van der Waals surface area contributed by atoms with E-state index in [9.17, 15) is 24.3 Å². The van der Waals surface area contributed by atoms with Gasteiger partial charge in [0.25, 0.3) is 5.91 Å². The molecule has 0 atom stereocenters. The van der Waals surface area contributed by atoms with Gasteiger partial charge in [0.1, 0.15) is 29.4 Å². The SMILES string of the molecule is COc1ccc(C(=O)N2CCC(OC3CCN(CCc4ccc(-c5cc6c(-c7cc(F)cc(CC(=O)c8ccc(C(C)(C)O)cc8F)c7C)ncnc6[nH]5)cc4)CC3)CC2)cc1N1CCC(=O)NC1=O. The van der Waals surface area contributed by atoms with E-state index in [0.29, 0.717) is 69.1 Å². The van der Waals surface area contributed by atoms with Crippen molar-refractivity contribution in [2.45, 2.75) is 83.5 Å². The van der Waals surface area contributed by atoms with Gasteiger partial charge in [0.15, 0.2) is 5.78 Å². The van der Waals surface area contributed by atoms with Crippen LogP contribution in [0.1, 0.15) is 88.9 Å². The van der Waals surface area contributed by atoms with Crippen LogP contribution in [-0.2, 0) is 28.0 Å². The van der Waals surface area contributed by atoms with Crippen molar-refractivity contribution in [3.8, 4) is 28.3 Å². The van der Waals surface area contributed by atoms with Gasteiger partial charge in [0.2, 0.25) is 5.91 Å². The van der Waals surface area contributed by atoms with Crippen LogP contribution in [0.15, 0.2) is 85.2 Å². The molecule has 0 aliphatic carbocycles. The molecule has 5 heterocycles. The second-order valence-corrected chi connectivity index (χ2v) is 19.0. The summed E-state index contributed by atoms with van der Waals surface area (Å²) >= 11 is 0. The molecule has 0 bridgehead atoms. The summed E-state index contributed by atoms with van der Waals surface area (Å²) in [4.78, 5) is 69.3. The van der Waals surface area contributed by atoms with E-state index < -0.39 is 29.0 Å². The Morgan fingerprint density at radius 3 is 2.29 bits per heavy atom. The van der Waals surface area contributed by atoms with Crippen molar-refractivity contribution < 1.29 is 42.5 Å². The molecule has 0 radical (unpaired) electrons. The molecule has 3 N–H and O–H groups in total. The summed E-state index contributed by atoms with van der Waals surface area (Å²) in [6, 6.07) is 21.6. The molecule has 9 rings (SSSR count). The van der Waals surface area contributed by atoms with E-state index in [-0.39, 0.29) is 49.0 Å². The van der Waals surface area contributed by atoms with E-state index in [0.717, 1.165) is 69.1 Å². The number of benzene rings is 4. The summed E-state index contributed by atoms with van der Waals surface area (Å²) in [5.41, 5.74) is 5.52. The number of ether oxygens (including phenoxy) is 2. The lowest BCUT2D eigenvalue weighted by molar-refractivity contribution is -0.120. The number of hydrogen-bond acceptors (Lipinski definition) is 10. The molecule has 6 aromatic rings. The molecule has 364 valence electrons. The largest absolute Gasteiger partial charge is 0.495 e. The molecule has 0 spiro atoms. The molecular formula is C54H57F2N7O7. The van der Waals surface area contributed by atoms with Gasteiger partial charge in [-0.3, -0.25) is 24.6 Å².